The number of nitrogens with zero attached hydrogens (tertiary/aromatic N) is 1. The van der Waals surface area contributed by atoms with Crippen LogP contribution in [0, 0.1) is 0 Å². The number of sulfonamides is 1. The average molecular weight is 385 g/mol. The normalized spacial score (nSPS) is 12.7. The van der Waals surface area contributed by atoms with Gasteiger partial charge in [0.1, 0.15) is 0 Å². The first-order chi connectivity index (χ1) is 12.8. The first kappa shape index (κ1) is 20.8. The summed E-state index contributed by atoms with van der Waals surface area (Å²) >= 11 is 0. The van der Waals surface area contributed by atoms with Gasteiger partial charge in [0.25, 0.3) is 0 Å². The molecule has 0 aliphatic carbocycles. The monoisotopic (exact) mass is 384 g/mol. The van der Waals surface area contributed by atoms with Crippen molar-refractivity contribution in [1.29, 1.82) is 0 Å². The molecule has 0 radical (unpaired) electrons. The molecular formula is C22H28N2O2S. The van der Waals surface area contributed by atoms with Gasteiger partial charge in [-0.1, -0.05) is 48.5 Å². The standard InChI is InChI=1S/C22H28N2O2S/c1-5-24(17-20-10-7-6-8-11-20)19(3)15-14-18(2)21-12-9-13-22(16-21)23-27(4,25)26/h6-16,23H,5,17H2,1-4H3. The summed E-state index contributed by atoms with van der Waals surface area (Å²) in [7, 11) is -3.28. The van der Waals surface area contributed by atoms with Crippen molar-refractivity contribution in [2.24, 2.45) is 0 Å². The molecule has 0 aromatic heterocycles. The van der Waals surface area contributed by atoms with E-state index < -0.39 is 10.0 Å². The Morgan fingerprint density at radius 2 is 1.74 bits per heavy atom. The molecule has 0 fully saturated rings. The first-order valence-electron chi connectivity index (χ1n) is 9.01. The topological polar surface area (TPSA) is 49.4 Å². The fraction of sp³-hybridized carbons (Fsp3) is 0.273. The Bertz CT molecular complexity index is 916. The van der Waals surface area contributed by atoms with E-state index in [0.29, 0.717) is 5.69 Å². The summed E-state index contributed by atoms with van der Waals surface area (Å²) in [6, 6.07) is 17.8. The van der Waals surface area contributed by atoms with Crippen LogP contribution in [-0.4, -0.2) is 26.1 Å². The summed E-state index contributed by atoms with van der Waals surface area (Å²) < 4.78 is 25.3. The Morgan fingerprint density at radius 3 is 2.37 bits per heavy atom. The van der Waals surface area contributed by atoms with Crippen LogP contribution < -0.4 is 4.72 Å². The predicted molar refractivity (Wildman–Crippen MR) is 115 cm³/mol. The lowest BCUT2D eigenvalue weighted by Gasteiger charge is -2.23. The van der Waals surface area contributed by atoms with Crippen molar-refractivity contribution < 1.29 is 8.42 Å². The second-order valence-electron chi connectivity index (χ2n) is 6.61. The predicted octanol–water partition coefficient (Wildman–Crippen LogP) is 4.89. The summed E-state index contributed by atoms with van der Waals surface area (Å²) in [6.07, 6.45) is 5.33. The summed E-state index contributed by atoms with van der Waals surface area (Å²) in [4.78, 5) is 2.32. The molecule has 5 heteroatoms. The summed E-state index contributed by atoms with van der Waals surface area (Å²) in [5, 5.41) is 0. The highest BCUT2D eigenvalue weighted by atomic mass is 32.2. The molecule has 0 saturated carbocycles. The lowest BCUT2D eigenvalue weighted by molar-refractivity contribution is 0.356. The van der Waals surface area contributed by atoms with Crippen LogP contribution in [0.2, 0.25) is 0 Å². The largest absolute Gasteiger partial charge is 0.371 e. The van der Waals surface area contributed by atoms with Gasteiger partial charge in [-0.25, -0.2) is 8.42 Å². The van der Waals surface area contributed by atoms with Gasteiger partial charge in [0.2, 0.25) is 10.0 Å². The molecule has 0 atom stereocenters. The van der Waals surface area contributed by atoms with Crippen molar-refractivity contribution in [3.05, 3.63) is 83.6 Å². The van der Waals surface area contributed by atoms with Gasteiger partial charge in [0, 0.05) is 24.5 Å². The molecule has 0 bridgehead atoms. The van der Waals surface area contributed by atoms with Crippen LogP contribution in [0.4, 0.5) is 5.69 Å². The average Bonchev–Trinajstić information content (AvgIpc) is 2.63. The van der Waals surface area contributed by atoms with E-state index in [9.17, 15) is 8.42 Å². The van der Waals surface area contributed by atoms with Crippen LogP contribution >= 0.6 is 0 Å². The Kier molecular flexibility index (Phi) is 7.25. The molecule has 0 spiro atoms. The molecular weight excluding hydrogens is 356 g/mol. The Morgan fingerprint density at radius 1 is 1.04 bits per heavy atom. The van der Waals surface area contributed by atoms with E-state index in [1.54, 1.807) is 6.07 Å². The molecule has 2 aromatic carbocycles. The van der Waals surface area contributed by atoms with Crippen molar-refractivity contribution in [3.63, 3.8) is 0 Å². The maximum absolute atomic E-state index is 11.4. The quantitative estimate of drug-likeness (QED) is 0.660. The summed E-state index contributed by atoms with van der Waals surface area (Å²) in [5.41, 5.74) is 5.10. The molecule has 2 aromatic rings. The molecule has 144 valence electrons. The Hall–Kier alpha value is -2.53. The smallest absolute Gasteiger partial charge is 0.229 e. The van der Waals surface area contributed by atoms with Crippen molar-refractivity contribution in [2.75, 3.05) is 17.5 Å². The van der Waals surface area contributed by atoms with Gasteiger partial charge >= 0.3 is 0 Å². The zero-order valence-electron chi connectivity index (χ0n) is 16.4. The lowest BCUT2D eigenvalue weighted by Crippen LogP contribution is -2.20. The molecule has 1 N–H and O–H groups in total. The van der Waals surface area contributed by atoms with Gasteiger partial charge in [-0.05, 0) is 55.7 Å². The molecule has 0 heterocycles. The van der Waals surface area contributed by atoms with Crippen LogP contribution in [0.3, 0.4) is 0 Å². The minimum Gasteiger partial charge on any atom is -0.371 e. The lowest BCUT2D eigenvalue weighted by atomic mass is 10.1. The minimum absolute atomic E-state index is 0.572. The zero-order valence-corrected chi connectivity index (χ0v) is 17.3. The molecule has 0 amide bonds. The van der Waals surface area contributed by atoms with E-state index in [2.05, 4.69) is 59.9 Å². The third-order valence-corrected chi connectivity index (χ3v) is 4.90. The SMILES string of the molecule is CCN(Cc1ccccc1)C(C)=CC=C(C)c1cccc(NS(C)(=O)=O)c1. The number of nitrogens with one attached hydrogen (secondary N) is 1. The van der Waals surface area contributed by atoms with E-state index in [4.69, 9.17) is 0 Å². The maximum Gasteiger partial charge on any atom is 0.229 e. The van der Waals surface area contributed by atoms with Crippen LogP contribution in [-0.2, 0) is 16.6 Å². The highest BCUT2D eigenvalue weighted by Crippen LogP contribution is 2.20. The van der Waals surface area contributed by atoms with Crippen molar-refractivity contribution in [3.8, 4) is 0 Å². The number of hydrogen-bond acceptors (Lipinski definition) is 3. The fourth-order valence-corrected chi connectivity index (χ4v) is 3.33. The van der Waals surface area contributed by atoms with Crippen LogP contribution in [0.25, 0.3) is 5.57 Å². The zero-order chi connectivity index (χ0) is 19.9. The molecule has 0 unspecified atom stereocenters. The highest BCUT2D eigenvalue weighted by molar-refractivity contribution is 7.92. The third kappa shape index (κ3) is 6.94. The number of anilines is 1. The third-order valence-electron chi connectivity index (χ3n) is 4.29. The number of hydrogen-bond donors (Lipinski definition) is 1. The molecule has 4 nitrogen and oxygen atoms in total. The van der Waals surface area contributed by atoms with Crippen LogP contribution in [0.1, 0.15) is 31.9 Å². The Balaban J connectivity index is 2.15. The number of rotatable bonds is 8. The van der Waals surface area contributed by atoms with E-state index in [1.165, 1.54) is 11.3 Å². The van der Waals surface area contributed by atoms with Gasteiger partial charge in [-0.3, -0.25) is 4.72 Å². The van der Waals surface area contributed by atoms with Crippen LogP contribution in [0.5, 0.6) is 0 Å². The first-order valence-corrected chi connectivity index (χ1v) is 10.9. The van der Waals surface area contributed by atoms with Crippen molar-refractivity contribution >= 4 is 21.3 Å². The van der Waals surface area contributed by atoms with Gasteiger partial charge in [-0.2, -0.15) is 0 Å². The van der Waals surface area contributed by atoms with E-state index in [1.807, 2.05) is 31.2 Å². The summed E-state index contributed by atoms with van der Waals surface area (Å²) in [5.74, 6) is 0. The summed E-state index contributed by atoms with van der Waals surface area (Å²) in [6.45, 7) is 8.09. The number of allylic oxidation sites excluding steroid dienone is 4. The van der Waals surface area contributed by atoms with Gasteiger partial charge in [0.15, 0.2) is 0 Å². The molecule has 0 saturated heterocycles. The van der Waals surface area contributed by atoms with Gasteiger partial charge in [-0.15, -0.1) is 0 Å². The minimum atomic E-state index is -3.28. The molecule has 0 aliphatic heterocycles. The maximum atomic E-state index is 11.4. The Labute approximate surface area is 163 Å². The molecule has 27 heavy (non-hydrogen) atoms. The fourth-order valence-electron chi connectivity index (χ4n) is 2.78. The van der Waals surface area contributed by atoms with Crippen LogP contribution in [0.15, 0.2) is 72.4 Å². The molecule has 0 aliphatic rings. The number of benzene rings is 2. The second-order valence-corrected chi connectivity index (χ2v) is 8.36. The second kappa shape index (κ2) is 9.42. The van der Waals surface area contributed by atoms with Gasteiger partial charge in [0.05, 0.1) is 6.26 Å². The van der Waals surface area contributed by atoms with Crippen molar-refractivity contribution in [2.45, 2.75) is 27.3 Å². The van der Waals surface area contributed by atoms with Gasteiger partial charge < -0.3 is 4.90 Å². The van der Waals surface area contributed by atoms with E-state index >= 15 is 0 Å². The van der Waals surface area contributed by atoms with E-state index in [-0.39, 0.29) is 0 Å². The van der Waals surface area contributed by atoms with Crippen molar-refractivity contribution in [1.82, 2.24) is 4.90 Å². The highest BCUT2D eigenvalue weighted by Gasteiger charge is 2.05. The van der Waals surface area contributed by atoms with E-state index in [0.717, 1.165) is 30.5 Å². The molecule has 2 rings (SSSR count).